The first-order chi connectivity index (χ1) is 19.3. The van der Waals surface area contributed by atoms with E-state index in [4.69, 9.17) is 9.47 Å². The third-order valence-corrected chi connectivity index (χ3v) is 11.4. The summed E-state index contributed by atoms with van der Waals surface area (Å²) < 4.78 is 14.6. The standard InChI is InChI=1S/C33H40N2O4Se/c1-23-15-20-28-29(21-23)39-32(25-16-18-26(19-17-25)35(36)37)34(33(28,2)3)22-30(40-27-13-9-6-10-14-27)31(38-4)24-11-7-5-8-12-24/h5-14,16-19,23,28-32H,15,20-22H2,1-4H3/t23-,28-,29-,30-,31+,32+/m1/s1. The van der Waals surface area contributed by atoms with Crippen LogP contribution in [-0.4, -0.2) is 50.1 Å². The van der Waals surface area contributed by atoms with Crippen molar-refractivity contribution in [1.29, 1.82) is 0 Å². The number of nitro groups is 1. The molecule has 1 aliphatic heterocycles. The third kappa shape index (κ3) is 6.19. The number of benzene rings is 3. The van der Waals surface area contributed by atoms with E-state index in [0.717, 1.165) is 24.9 Å². The van der Waals surface area contributed by atoms with Crippen molar-refractivity contribution in [3.63, 3.8) is 0 Å². The average molecular weight is 608 g/mol. The minimum atomic E-state index is -0.340. The fraction of sp³-hybridized carbons (Fsp3) is 0.455. The Hall–Kier alpha value is -2.54. The van der Waals surface area contributed by atoms with E-state index >= 15 is 0 Å². The molecule has 0 radical (unpaired) electrons. The van der Waals surface area contributed by atoms with E-state index in [9.17, 15) is 10.1 Å². The van der Waals surface area contributed by atoms with Gasteiger partial charge >= 0.3 is 245 Å². The van der Waals surface area contributed by atoms with Gasteiger partial charge in [0.25, 0.3) is 0 Å². The molecular weight excluding hydrogens is 567 g/mol. The van der Waals surface area contributed by atoms with Gasteiger partial charge in [0, 0.05) is 0 Å². The molecule has 3 aromatic rings. The Bertz CT molecular complexity index is 1250. The molecule has 0 spiro atoms. The average Bonchev–Trinajstić information content (AvgIpc) is 2.95. The monoisotopic (exact) mass is 608 g/mol. The summed E-state index contributed by atoms with van der Waals surface area (Å²) in [5.41, 5.74) is 2.12. The first-order valence-electron chi connectivity index (χ1n) is 14.2. The fourth-order valence-electron chi connectivity index (χ4n) is 6.60. The molecule has 40 heavy (non-hydrogen) atoms. The summed E-state index contributed by atoms with van der Waals surface area (Å²) in [5.74, 6) is 1.05. The Labute approximate surface area is 244 Å². The molecule has 2 fully saturated rings. The summed E-state index contributed by atoms with van der Waals surface area (Å²) in [4.78, 5) is 13.8. The molecule has 1 saturated carbocycles. The molecule has 0 N–H and O–H groups in total. The number of non-ortho nitro benzene ring substituents is 1. The molecule has 0 unspecified atom stereocenters. The zero-order valence-corrected chi connectivity index (χ0v) is 25.5. The first kappa shape index (κ1) is 29.0. The normalized spacial score (nSPS) is 26.0. The van der Waals surface area contributed by atoms with E-state index in [1.807, 2.05) is 25.3 Å². The number of methoxy groups -OCH3 is 1. The van der Waals surface area contributed by atoms with Crippen molar-refractivity contribution in [2.75, 3.05) is 13.7 Å². The molecule has 3 aromatic carbocycles. The number of fused-ring (bicyclic) bond motifs is 1. The summed E-state index contributed by atoms with van der Waals surface area (Å²) >= 11 is 0.131. The molecule has 6 atom stereocenters. The van der Waals surface area contributed by atoms with Crippen molar-refractivity contribution in [3.8, 4) is 0 Å². The van der Waals surface area contributed by atoms with Crippen LogP contribution in [0, 0.1) is 22.0 Å². The van der Waals surface area contributed by atoms with Crippen LogP contribution in [0.3, 0.4) is 0 Å². The molecule has 1 heterocycles. The van der Waals surface area contributed by atoms with E-state index in [-0.39, 0.29) is 54.4 Å². The molecule has 212 valence electrons. The Morgan fingerprint density at radius 3 is 2.30 bits per heavy atom. The number of hydrogen-bond donors (Lipinski definition) is 0. The Morgan fingerprint density at radius 1 is 1.02 bits per heavy atom. The van der Waals surface area contributed by atoms with Gasteiger partial charge in [0.05, 0.1) is 0 Å². The predicted octanol–water partition coefficient (Wildman–Crippen LogP) is 6.71. The fourth-order valence-corrected chi connectivity index (χ4v) is 9.31. The van der Waals surface area contributed by atoms with Crippen LogP contribution in [0.5, 0.6) is 0 Å². The molecule has 0 amide bonds. The van der Waals surface area contributed by atoms with Crippen LogP contribution in [0.15, 0.2) is 84.9 Å². The van der Waals surface area contributed by atoms with Crippen molar-refractivity contribution < 1.29 is 14.4 Å². The van der Waals surface area contributed by atoms with Crippen LogP contribution in [0.1, 0.15) is 63.5 Å². The summed E-state index contributed by atoms with van der Waals surface area (Å²) in [6, 6.07) is 28.2. The quantitative estimate of drug-likeness (QED) is 0.154. The number of rotatable bonds is 9. The predicted molar refractivity (Wildman–Crippen MR) is 160 cm³/mol. The molecule has 2 aliphatic rings. The second-order valence-electron chi connectivity index (χ2n) is 11.7. The van der Waals surface area contributed by atoms with E-state index in [2.05, 4.69) is 80.3 Å². The van der Waals surface area contributed by atoms with E-state index in [0.29, 0.717) is 11.8 Å². The number of nitrogens with zero attached hydrogens (tertiary/aromatic N) is 2. The van der Waals surface area contributed by atoms with Crippen molar-refractivity contribution in [1.82, 2.24) is 4.90 Å². The Morgan fingerprint density at radius 2 is 1.68 bits per heavy atom. The van der Waals surface area contributed by atoms with Gasteiger partial charge in [0.2, 0.25) is 0 Å². The molecule has 7 heteroatoms. The number of hydrogen-bond acceptors (Lipinski definition) is 5. The molecule has 1 aliphatic carbocycles. The number of ether oxygens (including phenoxy) is 2. The van der Waals surface area contributed by atoms with Crippen molar-refractivity contribution in [3.05, 3.63) is 106 Å². The van der Waals surface area contributed by atoms with Crippen LogP contribution in [0.25, 0.3) is 0 Å². The van der Waals surface area contributed by atoms with Crippen molar-refractivity contribution in [2.24, 2.45) is 11.8 Å². The topological polar surface area (TPSA) is 64.8 Å². The van der Waals surface area contributed by atoms with E-state index < -0.39 is 0 Å². The zero-order valence-electron chi connectivity index (χ0n) is 23.8. The number of nitro benzene ring substituents is 1. The van der Waals surface area contributed by atoms with Gasteiger partial charge in [-0.25, -0.2) is 0 Å². The summed E-state index contributed by atoms with van der Waals surface area (Å²) in [5, 5.41) is 11.4. The van der Waals surface area contributed by atoms with Crippen LogP contribution < -0.4 is 4.46 Å². The van der Waals surface area contributed by atoms with Gasteiger partial charge in [-0.1, -0.05) is 0 Å². The molecular formula is C33H40N2O4Se. The SMILES string of the molecule is CO[C@@H](c1ccccc1)[C@@H](CN1[C@H](c2ccc([N+](=O)[O-])cc2)O[C@@H]2C[C@H](C)CC[C@H]2C1(C)C)[Se]c1ccccc1. The van der Waals surface area contributed by atoms with Crippen LogP contribution in [-0.2, 0) is 9.47 Å². The maximum atomic E-state index is 11.4. The summed E-state index contributed by atoms with van der Waals surface area (Å²) in [6.07, 6.45) is 3.21. The van der Waals surface area contributed by atoms with Gasteiger partial charge in [-0.2, -0.15) is 0 Å². The van der Waals surface area contributed by atoms with Gasteiger partial charge in [-0.15, -0.1) is 0 Å². The van der Waals surface area contributed by atoms with Gasteiger partial charge in [-0.3, -0.25) is 0 Å². The molecule has 1 saturated heterocycles. The Kier molecular flexibility index (Phi) is 9.08. The minimum absolute atomic E-state index is 0.0705. The van der Waals surface area contributed by atoms with E-state index in [1.54, 1.807) is 12.1 Å². The van der Waals surface area contributed by atoms with Crippen molar-refractivity contribution in [2.45, 2.75) is 68.8 Å². The second-order valence-corrected chi connectivity index (χ2v) is 14.5. The summed E-state index contributed by atoms with van der Waals surface area (Å²) in [6.45, 7) is 7.86. The van der Waals surface area contributed by atoms with Gasteiger partial charge in [0.15, 0.2) is 0 Å². The molecule has 6 nitrogen and oxygen atoms in total. The van der Waals surface area contributed by atoms with Crippen LogP contribution in [0.4, 0.5) is 5.69 Å². The zero-order chi connectivity index (χ0) is 28.3. The van der Waals surface area contributed by atoms with E-state index in [1.165, 1.54) is 16.4 Å². The summed E-state index contributed by atoms with van der Waals surface area (Å²) in [7, 11) is 1.82. The van der Waals surface area contributed by atoms with Crippen LogP contribution >= 0.6 is 0 Å². The molecule has 0 bridgehead atoms. The van der Waals surface area contributed by atoms with Crippen molar-refractivity contribution >= 4 is 25.1 Å². The van der Waals surface area contributed by atoms with Gasteiger partial charge in [0.1, 0.15) is 0 Å². The molecule has 5 rings (SSSR count). The van der Waals surface area contributed by atoms with Gasteiger partial charge < -0.3 is 0 Å². The van der Waals surface area contributed by atoms with Crippen LogP contribution in [0.2, 0.25) is 4.82 Å². The second kappa shape index (κ2) is 12.5. The first-order valence-corrected chi connectivity index (χ1v) is 16.1. The van der Waals surface area contributed by atoms with Gasteiger partial charge in [-0.05, 0) is 0 Å². The molecule has 0 aromatic heterocycles. The maximum absolute atomic E-state index is 11.4. The Balaban J connectivity index is 1.55. The third-order valence-electron chi connectivity index (χ3n) is 8.80.